The summed E-state index contributed by atoms with van der Waals surface area (Å²) >= 11 is 1.66. The van der Waals surface area contributed by atoms with Gasteiger partial charge in [0.1, 0.15) is 11.5 Å². The summed E-state index contributed by atoms with van der Waals surface area (Å²) < 4.78 is 16.1. The van der Waals surface area contributed by atoms with Gasteiger partial charge in [0.15, 0.2) is 5.78 Å². The predicted molar refractivity (Wildman–Crippen MR) is 118 cm³/mol. The Bertz CT molecular complexity index is 1080. The topological polar surface area (TPSA) is 73.9 Å². The van der Waals surface area contributed by atoms with Crippen LogP contribution in [0.3, 0.4) is 0 Å². The molecule has 2 atom stereocenters. The summed E-state index contributed by atoms with van der Waals surface area (Å²) in [4.78, 5) is 27.5. The van der Waals surface area contributed by atoms with E-state index in [4.69, 9.17) is 14.2 Å². The Labute approximate surface area is 185 Å². The molecule has 2 aromatic rings. The number of carbonyl (C=O) groups is 2. The first-order valence-electron chi connectivity index (χ1n) is 10.1. The van der Waals surface area contributed by atoms with E-state index in [1.807, 2.05) is 24.4 Å². The van der Waals surface area contributed by atoms with Gasteiger partial charge >= 0.3 is 5.97 Å². The molecule has 0 unspecified atom stereocenters. The Morgan fingerprint density at radius 3 is 2.58 bits per heavy atom. The van der Waals surface area contributed by atoms with Crippen molar-refractivity contribution in [2.24, 2.45) is 0 Å². The zero-order valence-corrected chi connectivity index (χ0v) is 18.8. The van der Waals surface area contributed by atoms with Gasteiger partial charge in [-0.15, -0.1) is 11.3 Å². The van der Waals surface area contributed by atoms with Crippen molar-refractivity contribution in [3.05, 3.63) is 68.7 Å². The first-order valence-corrected chi connectivity index (χ1v) is 10.9. The van der Waals surface area contributed by atoms with Gasteiger partial charge in [0.25, 0.3) is 0 Å². The second-order valence-electron chi connectivity index (χ2n) is 7.63. The van der Waals surface area contributed by atoms with Crippen LogP contribution >= 0.6 is 11.3 Å². The molecule has 0 amide bonds. The van der Waals surface area contributed by atoms with Gasteiger partial charge < -0.3 is 19.5 Å². The molecule has 31 heavy (non-hydrogen) atoms. The number of esters is 1. The Balaban J connectivity index is 1.89. The van der Waals surface area contributed by atoms with Crippen LogP contribution in [0.1, 0.15) is 42.0 Å². The summed E-state index contributed by atoms with van der Waals surface area (Å²) in [5.41, 5.74) is 3.26. The summed E-state index contributed by atoms with van der Waals surface area (Å²) in [5, 5.41) is 5.37. The highest BCUT2D eigenvalue weighted by Crippen LogP contribution is 2.48. The third kappa shape index (κ3) is 3.74. The SMILES string of the molecule is COC(=O)C1=C(C)NC2=C(C(=O)C[C@H](c3cccs3)C2)[C@@H]1c1cc(OC)ccc1OC. The van der Waals surface area contributed by atoms with Crippen LogP contribution in [-0.4, -0.2) is 33.1 Å². The number of nitrogens with one attached hydrogen (secondary N) is 1. The van der Waals surface area contributed by atoms with Gasteiger partial charge in [0, 0.05) is 39.7 Å². The summed E-state index contributed by atoms with van der Waals surface area (Å²) in [6, 6.07) is 9.49. The summed E-state index contributed by atoms with van der Waals surface area (Å²) in [7, 11) is 4.51. The van der Waals surface area contributed by atoms with Crippen LogP contribution in [0.2, 0.25) is 0 Å². The van der Waals surface area contributed by atoms with Crippen molar-refractivity contribution in [1.82, 2.24) is 5.32 Å². The van der Waals surface area contributed by atoms with Gasteiger partial charge in [-0.1, -0.05) is 6.07 Å². The molecule has 1 aromatic heterocycles. The largest absolute Gasteiger partial charge is 0.497 e. The van der Waals surface area contributed by atoms with Crippen LogP contribution in [0.25, 0.3) is 0 Å². The van der Waals surface area contributed by atoms with E-state index < -0.39 is 11.9 Å². The molecule has 1 aliphatic carbocycles. The number of rotatable bonds is 5. The average Bonchev–Trinajstić information content (AvgIpc) is 3.32. The van der Waals surface area contributed by atoms with Crippen molar-refractivity contribution >= 4 is 23.1 Å². The molecule has 162 valence electrons. The number of ketones is 1. The third-order valence-electron chi connectivity index (χ3n) is 5.93. The van der Waals surface area contributed by atoms with Crippen LogP contribution in [0.4, 0.5) is 0 Å². The van der Waals surface area contributed by atoms with Crippen LogP contribution in [0.15, 0.2) is 58.3 Å². The standard InChI is InChI=1S/C24H25NO5S/c1-13-21(24(27)30-4)22(16-12-15(28-2)7-8-19(16)29-3)23-17(25-13)10-14(11-18(23)26)20-6-5-9-31-20/h5-9,12,14,22,25H,10-11H2,1-4H3/t14-,22-/m1/s1. The minimum absolute atomic E-state index is 0.0240. The van der Waals surface area contributed by atoms with Crippen LogP contribution in [0.5, 0.6) is 11.5 Å². The van der Waals surface area contributed by atoms with E-state index in [1.54, 1.807) is 37.7 Å². The Morgan fingerprint density at radius 1 is 1.13 bits per heavy atom. The number of ether oxygens (including phenoxy) is 3. The van der Waals surface area contributed by atoms with E-state index in [9.17, 15) is 9.59 Å². The Kier molecular flexibility index (Phi) is 5.87. The number of hydrogen-bond donors (Lipinski definition) is 1. The second-order valence-corrected chi connectivity index (χ2v) is 8.61. The van der Waals surface area contributed by atoms with Crippen molar-refractivity contribution in [1.29, 1.82) is 0 Å². The van der Waals surface area contributed by atoms with Crippen molar-refractivity contribution in [3.63, 3.8) is 0 Å². The molecule has 0 fully saturated rings. The molecule has 1 N–H and O–H groups in total. The van der Waals surface area contributed by atoms with Gasteiger partial charge in [0.2, 0.25) is 0 Å². The number of allylic oxidation sites excluding steroid dienone is 3. The lowest BCUT2D eigenvalue weighted by Gasteiger charge is -2.36. The van der Waals surface area contributed by atoms with Gasteiger partial charge in [-0.25, -0.2) is 4.79 Å². The Morgan fingerprint density at radius 2 is 1.94 bits per heavy atom. The van der Waals surface area contributed by atoms with Crippen molar-refractivity contribution in [2.75, 3.05) is 21.3 Å². The molecule has 1 aromatic carbocycles. The summed E-state index contributed by atoms with van der Waals surface area (Å²) in [6.07, 6.45) is 1.10. The molecular weight excluding hydrogens is 414 g/mol. The zero-order chi connectivity index (χ0) is 22.1. The fourth-order valence-corrected chi connectivity index (χ4v) is 5.35. The highest BCUT2D eigenvalue weighted by molar-refractivity contribution is 7.10. The number of thiophene rings is 1. The molecule has 6 nitrogen and oxygen atoms in total. The highest BCUT2D eigenvalue weighted by Gasteiger charge is 2.42. The van der Waals surface area contributed by atoms with Gasteiger partial charge in [0.05, 0.1) is 32.8 Å². The van der Waals surface area contributed by atoms with Crippen molar-refractivity contribution in [2.45, 2.75) is 31.6 Å². The molecule has 1 aliphatic heterocycles. The second kappa shape index (κ2) is 8.59. The molecule has 0 bridgehead atoms. The molecule has 0 spiro atoms. The Hall–Kier alpha value is -3.06. The van der Waals surface area contributed by atoms with Gasteiger partial charge in [-0.3, -0.25) is 4.79 Å². The van der Waals surface area contributed by atoms with E-state index in [2.05, 4.69) is 11.4 Å². The quantitative estimate of drug-likeness (QED) is 0.701. The zero-order valence-electron chi connectivity index (χ0n) is 18.0. The van der Waals surface area contributed by atoms with Crippen molar-refractivity contribution in [3.8, 4) is 11.5 Å². The first kappa shape index (κ1) is 21.2. The number of hydrogen-bond acceptors (Lipinski definition) is 7. The monoisotopic (exact) mass is 439 g/mol. The maximum absolute atomic E-state index is 13.5. The number of carbonyl (C=O) groups excluding carboxylic acids is 2. The predicted octanol–water partition coefficient (Wildman–Crippen LogP) is 4.30. The van der Waals surface area contributed by atoms with E-state index in [0.29, 0.717) is 46.7 Å². The first-order chi connectivity index (χ1) is 15.0. The maximum Gasteiger partial charge on any atom is 0.336 e. The number of Topliss-reactive ketones (excluding diaryl/α,β-unsaturated/α-hetero) is 1. The molecule has 0 radical (unpaired) electrons. The molecule has 0 saturated heterocycles. The average molecular weight is 440 g/mol. The fourth-order valence-electron chi connectivity index (χ4n) is 4.52. The van der Waals surface area contributed by atoms with Crippen LogP contribution < -0.4 is 14.8 Å². The van der Waals surface area contributed by atoms with Crippen LogP contribution in [-0.2, 0) is 14.3 Å². The van der Waals surface area contributed by atoms with Crippen molar-refractivity contribution < 1.29 is 23.8 Å². The molecule has 4 rings (SSSR count). The van der Waals surface area contributed by atoms with Crippen LogP contribution in [0, 0.1) is 0 Å². The lowest BCUT2D eigenvalue weighted by molar-refractivity contribution is -0.136. The summed E-state index contributed by atoms with van der Waals surface area (Å²) in [6.45, 7) is 1.84. The lowest BCUT2D eigenvalue weighted by Crippen LogP contribution is -2.36. The molecule has 0 saturated carbocycles. The molecule has 7 heteroatoms. The minimum Gasteiger partial charge on any atom is -0.497 e. The van der Waals surface area contributed by atoms with E-state index in [1.165, 1.54) is 12.0 Å². The lowest BCUT2D eigenvalue weighted by atomic mass is 9.72. The molecule has 2 aliphatic rings. The highest BCUT2D eigenvalue weighted by atomic mass is 32.1. The van der Waals surface area contributed by atoms with Gasteiger partial charge in [-0.05, 0) is 43.0 Å². The van der Waals surface area contributed by atoms with E-state index in [-0.39, 0.29) is 11.7 Å². The minimum atomic E-state index is -0.592. The fraction of sp³-hybridized carbons (Fsp3) is 0.333. The van der Waals surface area contributed by atoms with E-state index >= 15 is 0 Å². The van der Waals surface area contributed by atoms with E-state index in [0.717, 1.165) is 5.70 Å². The maximum atomic E-state index is 13.5. The van der Waals surface area contributed by atoms with Gasteiger partial charge in [-0.2, -0.15) is 0 Å². The molecular formula is C24H25NO5S. The summed E-state index contributed by atoms with van der Waals surface area (Å²) in [5.74, 6) is 0.292. The number of dihydropyridines is 1. The smallest absolute Gasteiger partial charge is 0.336 e. The third-order valence-corrected chi connectivity index (χ3v) is 6.96. The molecule has 2 heterocycles. The number of benzene rings is 1. The normalized spacial score (nSPS) is 20.8. The number of methoxy groups -OCH3 is 3.